The number of rotatable bonds is 5. The van der Waals surface area contributed by atoms with Crippen molar-refractivity contribution in [3.8, 4) is 5.06 Å². The van der Waals surface area contributed by atoms with E-state index in [1.165, 1.54) is 18.4 Å². The van der Waals surface area contributed by atoms with Crippen LogP contribution >= 0.6 is 11.3 Å². The van der Waals surface area contributed by atoms with Crippen molar-refractivity contribution >= 4 is 17.2 Å². The number of benzene rings is 1. The summed E-state index contributed by atoms with van der Waals surface area (Å²) in [6, 6.07) is 13.6. The second-order valence-corrected chi connectivity index (χ2v) is 5.22. The van der Waals surface area contributed by atoms with E-state index >= 15 is 0 Å². The number of ether oxygens (including phenoxy) is 1. The van der Waals surface area contributed by atoms with Crippen LogP contribution in [-0.4, -0.2) is 23.2 Å². The van der Waals surface area contributed by atoms with Crippen molar-refractivity contribution in [3.63, 3.8) is 0 Å². The fraction of sp³-hybridized carbons (Fsp3) is 0.214. The van der Waals surface area contributed by atoms with E-state index in [4.69, 9.17) is 9.94 Å². The summed E-state index contributed by atoms with van der Waals surface area (Å²) in [5.74, 6) is -0.337. The molecule has 0 bridgehead atoms. The molecule has 1 N–H and O–H groups in total. The van der Waals surface area contributed by atoms with Crippen molar-refractivity contribution in [1.82, 2.24) is 5.06 Å². The largest absolute Gasteiger partial charge is 0.479 e. The van der Waals surface area contributed by atoms with Crippen molar-refractivity contribution in [3.05, 3.63) is 52.9 Å². The summed E-state index contributed by atoms with van der Waals surface area (Å²) in [6.45, 7) is 0.509. The molecule has 0 aliphatic carbocycles. The lowest BCUT2D eigenvalue weighted by molar-refractivity contribution is -0.158. The molecule has 1 aromatic heterocycles. The van der Waals surface area contributed by atoms with E-state index in [1.54, 1.807) is 0 Å². The average Bonchev–Trinajstić information content (AvgIpc) is 2.85. The standard InChI is InChI=1S/C14H15NO3S/c1-15(17)13(16)9-12-7-8-14(19-12)18-10-11-5-3-2-4-6-11/h2-8,17H,9-10H2,1H3. The van der Waals surface area contributed by atoms with Crippen molar-refractivity contribution in [1.29, 1.82) is 0 Å². The molecule has 1 amide bonds. The molecule has 1 aromatic carbocycles. The van der Waals surface area contributed by atoms with Crippen molar-refractivity contribution < 1.29 is 14.7 Å². The number of thiophene rings is 1. The fourth-order valence-electron chi connectivity index (χ4n) is 1.52. The molecule has 0 spiro atoms. The summed E-state index contributed by atoms with van der Waals surface area (Å²) >= 11 is 1.42. The maximum Gasteiger partial charge on any atom is 0.250 e. The van der Waals surface area contributed by atoms with Crippen LogP contribution in [0.3, 0.4) is 0 Å². The molecular weight excluding hydrogens is 262 g/mol. The SMILES string of the molecule is CN(O)C(=O)Cc1ccc(OCc2ccccc2)s1. The lowest BCUT2D eigenvalue weighted by Gasteiger charge is -2.06. The van der Waals surface area contributed by atoms with Crippen LogP contribution in [0.5, 0.6) is 5.06 Å². The number of amides is 1. The molecule has 0 fully saturated rings. The van der Waals surface area contributed by atoms with Gasteiger partial charge in [-0.3, -0.25) is 10.0 Å². The van der Waals surface area contributed by atoms with E-state index in [1.807, 2.05) is 42.5 Å². The topological polar surface area (TPSA) is 49.8 Å². The van der Waals surface area contributed by atoms with Gasteiger partial charge in [0.15, 0.2) is 5.06 Å². The number of hydrogen-bond acceptors (Lipinski definition) is 4. The van der Waals surface area contributed by atoms with E-state index in [-0.39, 0.29) is 12.3 Å². The molecule has 100 valence electrons. The lowest BCUT2D eigenvalue weighted by Crippen LogP contribution is -2.23. The van der Waals surface area contributed by atoms with Crippen LogP contribution in [-0.2, 0) is 17.8 Å². The van der Waals surface area contributed by atoms with E-state index < -0.39 is 0 Å². The Morgan fingerprint density at radius 1 is 1.26 bits per heavy atom. The second kappa shape index (κ2) is 6.36. The normalized spacial score (nSPS) is 10.2. The molecule has 0 saturated heterocycles. The Hall–Kier alpha value is -1.85. The highest BCUT2D eigenvalue weighted by atomic mass is 32.1. The minimum absolute atomic E-state index is 0.187. The van der Waals surface area contributed by atoms with Gasteiger partial charge in [-0.15, -0.1) is 11.3 Å². The summed E-state index contributed by atoms with van der Waals surface area (Å²) in [7, 11) is 1.32. The fourth-order valence-corrected chi connectivity index (χ4v) is 2.37. The molecule has 0 unspecified atom stereocenters. The maximum atomic E-state index is 11.3. The van der Waals surface area contributed by atoms with Gasteiger partial charge in [-0.1, -0.05) is 30.3 Å². The smallest absolute Gasteiger partial charge is 0.250 e. The summed E-state index contributed by atoms with van der Waals surface area (Å²) in [6.07, 6.45) is 0.187. The molecule has 2 rings (SSSR count). The van der Waals surface area contributed by atoms with Crippen LogP contribution in [0.2, 0.25) is 0 Å². The van der Waals surface area contributed by atoms with Gasteiger partial charge >= 0.3 is 0 Å². The molecule has 0 atom stereocenters. The third-order valence-corrected chi connectivity index (χ3v) is 3.55. The predicted molar refractivity (Wildman–Crippen MR) is 73.4 cm³/mol. The average molecular weight is 277 g/mol. The van der Waals surface area contributed by atoms with E-state index in [0.717, 1.165) is 15.5 Å². The summed E-state index contributed by atoms with van der Waals surface area (Å²) < 4.78 is 5.65. The van der Waals surface area contributed by atoms with Gasteiger partial charge in [0.2, 0.25) is 0 Å². The molecule has 19 heavy (non-hydrogen) atoms. The Bertz CT molecular complexity index is 537. The molecule has 2 aromatic rings. The zero-order valence-electron chi connectivity index (χ0n) is 10.6. The molecule has 0 radical (unpaired) electrons. The van der Waals surface area contributed by atoms with Crippen molar-refractivity contribution in [2.24, 2.45) is 0 Å². The third-order valence-electron chi connectivity index (χ3n) is 2.55. The predicted octanol–water partition coefficient (Wildman–Crippen LogP) is 2.72. The molecule has 4 nitrogen and oxygen atoms in total. The Labute approximate surface area is 115 Å². The minimum atomic E-state index is -0.337. The van der Waals surface area contributed by atoms with Gasteiger partial charge in [0, 0.05) is 11.9 Å². The Morgan fingerprint density at radius 3 is 2.68 bits per heavy atom. The van der Waals surface area contributed by atoms with Crippen molar-refractivity contribution in [2.45, 2.75) is 13.0 Å². The summed E-state index contributed by atoms with van der Waals surface area (Å²) in [4.78, 5) is 12.2. The highest BCUT2D eigenvalue weighted by Crippen LogP contribution is 2.25. The third kappa shape index (κ3) is 4.08. The maximum absolute atomic E-state index is 11.3. The van der Waals surface area contributed by atoms with E-state index in [2.05, 4.69) is 0 Å². The quantitative estimate of drug-likeness (QED) is 0.675. The lowest BCUT2D eigenvalue weighted by atomic mass is 10.2. The number of carbonyl (C=O) groups is 1. The number of likely N-dealkylation sites (N-methyl/N-ethyl adjacent to an activating group) is 1. The monoisotopic (exact) mass is 277 g/mol. The van der Waals surface area contributed by atoms with Crippen molar-refractivity contribution in [2.75, 3.05) is 7.05 Å². The molecular formula is C14H15NO3S. The van der Waals surface area contributed by atoms with Gasteiger partial charge in [-0.2, -0.15) is 0 Å². The van der Waals surface area contributed by atoms with Crippen LogP contribution in [0.1, 0.15) is 10.4 Å². The molecule has 0 aliphatic heterocycles. The first-order chi connectivity index (χ1) is 9.15. The van der Waals surface area contributed by atoms with Gasteiger partial charge in [-0.25, -0.2) is 5.06 Å². The van der Waals surface area contributed by atoms with Gasteiger partial charge in [0.1, 0.15) is 6.61 Å². The first-order valence-corrected chi connectivity index (χ1v) is 6.67. The van der Waals surface area contributed by atoms with Crippen LogP contribution in [0.15, 0.2) is 42.5 Å². The highest BCUT2D eigenvalue weighted by Gasteiger charge is 2.09. The molecule has 0 aliphatic rings. The van der Waals surface area contributed by atoms with Crippen LogP contribution < -0.4 is 4.74 Å². The number of nitrogens with zero attached hydrogens (tertiary/aromatic N) is 1. The summed E-state index contributed by atoms with van der Waals surface area (Å²) in [5.41, 5.74) is 1.10. The zero-order valence-corrected chi connectivity index (χ0v) is 11.4. The minimum Gasteiger partial charge on any atom is -0.479 e. The summed E-state index contributed by atoms with van der Waals surface area (Å²) in [5, 5.41) is 10.4. The van der Waals surface area contributed by atoms with Gasteiger partial charge < -0.3 is 4.74 Å². The Balaban J connectivity index is 1.89. The number of hydrogen-bond donors (Lipinski definition) is 1. The van der Waals surface area contributed by atoms with E-state index in [0.29, 0.717) is 11.7 Å². The highest BCUT2D eigenvalue weighted by molar-refractivity contribution is 7.13. The van der Waals surface area contributed by atoms with Gasteiger partial charge in [-0.05, 0) is 17.7 Å². The van der Waals surface area contributed by atoms with Crippen LogP contribution in [0.4, 0.5) is 0 Å². The first kappa shape index (κ1) is 13.6. The Kier molecular flexibility index (Phi) is 4.54. The molecule has 1 heterocycles. The number of carbonyl (C=O) groups excluding carboxylic acids is 1. The molecule has 0 saturated carbocycles. The second-order valence-electron chi connectivity index (χ2n) is 4.09. The van der Waals surface area contributed by atoms with Crippen LogP contribution in [0, 0.1) is 0 Å². The van der Waals surface area contributed by atoms with Crippen LogP contribution in [0.25, 0.3) is 0 Å². The first-order valence-electron chi connectivity index (χ1n) is 5.86. The van der Waals surface area contributed by atoms with Gasteiger partial charge in [0.25, 0.3) is 5.91 Å². The van der Waals surface area contributed by atoms with E-state index in [9.17, 15) is 4.79 Å². The molecule has 5 heteroatoms. The Morgan fingerprint density at radius 2 is 2.00 bits per heavy atom. The van der Waals surface area contributed by atoms with Gasteiger partial charge in [0.05, 0.1) is 6.42 Å². The zero-order chi connectivity index (χ0) is 13.7. The number of hydroxylamine groups is 2.